The van der Waals surface area contributed by atoms with E-state index >= 15 is 0 Å². The summed E-state index contributed by atoms with van der Waals surface area (Å²) in [5.41, 5.74) is 1.32. The van der Waals surface area contributed by atoms with Gasteiger partial charge in [0.2, 0.25) is 0 Å². The Hall–Kier alpha value is -1.26. The van der Waals surface area contributed by atoms with Gasteiger partial charge in [-0.3, -0.25) is 4.90 Å². The van der Waals surface area contributed by atoms with Gasteiger partial charge in [-0.25, -0.2) is 0 Å². The van der Waals surface area contributed by atoms with Crippen LogP contribution in [0.1, 0.15) is 63.5 Å². The van der Waals surface area contributed by atoms with E-state index in [9.17, 15) is 0 Å². The van der Waals surface area contributed by atoms with E-state index in [1.165, 1.54) is 63.6 Å². The Kier molecular flexibility index (Phi) is 9.12. The summed E-state index contributed by atoms with van der Waals surface area (Å²) < 4.78 is 10.9. The molecule has 0 saturated carbocycles. The number of benzene rings is 1. The molecule has 0 spiro atoms. The van der Waals surface area contributed by atoms with Crippen LogP contribution < -0.4 is 14.8 Å². The van der Waals surface area contributed by atoms with Crippen LogP contribution in [0.4, 0.5) is 0 Å². The van der Waals surface area contributed by atoms with Crippen molar-refractivity contribution in [2.24, 2.45) is 0 Å². The third-order valence-corrected chi connectivity index (χ3v) is 5.17. The van der Waals surface area contributed by atoms with Crippen molar-refractivity contribution in [2.45, 2.75) is 57.9 Å². The molecule has 0 aliphatic carbocycles. The quantitative estimate of drug-likeness (QED) is 0.601. The van der Waals surface area contributed by atoms with Gasteiger partial charge in [0.1, 0.15) is 0 Å². The molecule has 0 aromatic heterocycles. The van der Waals surface area contributed by atoms with Gasteiger partial charge in [-0.15, -0.1) is 0 Å². The van der Waals surface area contributed by atoms with Gasteiger partial charge < -0.3 is 14.8 Å². The third-order valence-electron chi connectivity index (χ3n) is 5.17. The fourth-order valence-corrected chi connectivity index (χ4v) is 3.66. The van der Waals surface area contributed by atoms with E-state index in [0.717, 1.165) is 24.6 Å². The maximum Gasteiger partial charge on any atom is 0.161 e. The summed E-state index contributed by atoms with van der Waals surface area (Å²) in [5.74, 6) is 1.63. The first-order chi connectivity index (χ1) is 12.3. The third kappa shape index (κ3) is 6.19. The van der Waals surface area contributed by atoms with Gasteiger partial charge in [0.05, 0.1) is 14.2 Å². The lowest BCUT2D eigenvalue weighted by atomic mass is 10.0. The number of hydrogen-bond donors (Lipinski definition) is 1. The first-order valence-electron chi connectivity index (χ1n) is 9.96. The Morgan fingerprint density at radius 2 is 1.76 bits per heavy atom. The molecule has 142 valence electrons. The summed E-state index contributed by atoms with van der Waals surface area (Å²) in [7, 11) is 3.40. The number of likely N-dealkylation sites (tertiary alicyclic amines) is 1. The Morgan fingerprint density at radius 3 is 2.44 bits per heavy atom. The Bertz CT molecular complexity index is 487. The first kappa shape index (κ1) is 20.1. The predicted molar refractivity (Wildman–Crippen MR) is 105 cm³/mol. The standard InChI is InChI=1S/C21H36N2O2/c1-4-5-6-8-13-22-17-19(23-14-9-7-10-15-23)18-11-12-20(24-2)21(16-18)25-3/h11-12,16,19,22H,4-10,13-15,17H2,1-3H3. The molecule has 0 bridgehead atoms. The van der Waals surface area contributed by atoms with Crippen LogP contribution in [0, 0.1) is 0 Å². The lowest BCUT2D eigenvalue weighted by Crippen LogP contribution is -2.39. The minimum absolute atomic E-state index is 0.409. The van der Waals surface area contributed by atoms with E-state index in [-0.39, 0.29) is 0 Å². The molecule has 25 heavy (non-hydrogen) atoms. The molecule has 1 aliphatic rings. The highest BCUT2D eigenvalue weighted by Gasteiger charge is 2.23. The van der Waals surface area contributed by atoms with E-state index in [4.69, 9.17) is 9.47 Å². The second-order valence-corrected chi connectivity index (χ2v) is 6.99. The second kappa shape index (κ2) is 11.4. The number of hydrogen-bond acceptors (Lipinski definition) is 4. The summed E-state index contributed by atoms with van der Waals surface area (Å²) in [5, 5.41) is 3.69. The number of nitrogens with one attached hydrogen (secondary N) is 1. The van der Waals surface area contributed by atoms with E-state index < -0.39 is 0 Å². The van der Waals surface area contributed by atoms with Crippen LogP contribution in [0.25, 0.3) is 0 Å². The van der Waals surface area contributed by atoms with Gasteiger partial charge in [-0.05, 0) is 56.6 Å². The summed E-state index contributed by atoms with van der Waals surface area (Å²) in [6, 6.07) is 6.79. The molecule has 1 fully saturated rings. The number of unbranched alkanes of at least 4 members (excludes halogenated alkanes) is 3. The van der Waals surface area contributed by atoms with E-state index in [0.29, 0.717) is 6.04 Å². The van der Waals surface area contributed by atoms with Crippen molar-refractivity contribution in [3.05, 3.63) is 23.8 Å². The second-order valence-electron chi connectivity index (χ2n) is 6.99. The van der Waals surface area contributed by atoms with Gasteiger partial charge in [-0.1, -0.05) is 38.7 Å². The van der Waals surface area contributed by atoms with Crippen LogP contribution in [0.2, 0.25) is 0 Å². The molecule has 1 saturated heterocycles. The average Bonchev–Trinajstić information content (AvgIpc) is 2.67. The van der Waals surface area contributed by atoms with Crippen LogP contribution in [0.3, 0.4) is 0 Å². The summed E-state index contributed by atoms with van der Waals surface area (Å²) in [6.07, 6.45) is 9.20. The van der Waals surface area contributed by atoms with E-state index in [1.807, 2.05) is 6.07 Å². The van der Waals surface area contributed by atoms with Gasteiger partial charge in [0.15, 0.2) is 11.5 Å². The molecule has 0 amide bonds. The smallest absolute Gasteiger partial charge is 0.161 e. The minimum Gasteiger partial charge on any atom is -0.493 e. The first-order valence-corrected chi connectivity index (χ1v) is 9.96. The summed E-state index contributed by atoms with van der Waals surface area (Å²) in [4.78, 5) is 2.63. The van der Waals surface area contributed by atoms with Crippen molar-refractivity contribution >= 4 is 0 Å². The van der Waals surface area contributed by atoms with Crippen molar-refractivity contribution in [1.29, 1.82) is 0 Å². The fraction of sp³-hybridized carbons (Fsp3) is 0.714. The van der Waals surface area contributed by atoms with Crippen molar-refractivity contribution in [3.63, 3.8) is 0 Å². The molecule has 4 heteroatoms. The van der Waals surface area contributed by atoms with Gasteiger partial charge in [-0.2, -0.15) is 0 Å². The number of methoxy groups -OCH3 is 2. The van der Waals surface area contributed by atoms with Crippen LogP contribution in [0.5, 0.6) is 11.5 Å². The van der Waals surface area contributed by atoms with Gasteiger partial charge in [0, 0.05) is 12.6 Å². The fourth-order valence-electron chi connectivity index (χ4n) is 3.66. The molecule has 1 aromatic rings. The average molecular weight is 349 g/mol. The molecule has 0 radical (unpaired) electrons. The maximum atomic E-state index is 5.52. The highest BCUT2D eigenvalue weighted by molar-refractivity contribution is 5.44. The molecule has 1 heterocycles. The topological polar surface area (TPSA) is 33.7 Å². The molecular weight excluding hydrogens is 312 g/mol. The van der Waals surface area contributed by atoms with Gasteiger partial charge in [0.25, 0.3) is 0 Å². The number of ether oxygens (including phenoxy) is 2. The molecule has 2 rings (SSSR count). The summed E-state index contributed by atoms with van der Waals surface area (Å²) >= 11 is 0. The van der Waals surface area contributed by atoms with E-state index in [1.54, 1.807) is 14.2 Å². The molecule has 1 N–H and O–H groups in total. The number of nitrogens with zero attached hydrogens (tertiary/aromatic N) is 1. The molecule has 1 unspecified atom stereocenters. The van der Waals surface area contributed by atoms with Crippen molar-refractivity contribution < 1.29 is 9.47 Å². The molecule has 4 nitrogen and oxygen atoms in total. The molecule has 1 aromatic carbocycles. The Labute approximate surface area is 153 Å². The number of rotatable bonds is 11. The largest absolute Gasteiger partial charge is 0.493 e. The Morgan fingerprint density at radius 1 is 1.00 bits per heavy atom. The van der Waals surface area contributed by atoms with Gasteiger partial charge >= 0.3 is 0 Å². The Balaban J connectivity index is 2.03. The van der Waals surface area contributed by atoms with Crippen LogP contribution in [-0.2, 0) is 0 Å². The normalized spacial score (nSPS) is 16.6. The molecule has 1 aliphatic heterocycles. The SMILES string of the molecule is CCCCCCNCC(c1ccc(OC)c(OC)c1)N1CCCCC1. The van der Waals surface area contributed by atoms with E-state index in [2.05, 4.69) is 29.3 Å². The van der Waals surface area contributed by atoms with Crippen LogP contribution >= 0.6 is 0 Å². The van der Waals surface area contributed by atoms with Crippen LogP contribution in [-0.4, -0.2) is 45.3 Å². The van der Waals surface area contributed by atoms with Crippen molar-refractivity contribution in [1.82, 2.24) is 10.2 Å². The zero-order chi connectivity index (χ0) is 17.9. The van der Waals surface area contributed by atoms with Crippen LogP contribution in [0.15, 0.2) is 18.2 Å². The van der Waals surface area contributed by atoms with Crippen molar-refractivity contribution in [3.8, 4) is 11.5 Å². The molecule has 1 atom stereocenters. The molecular formula is C21H36N2O2. The highest BCUT2D eigenvalue weighted by Crippen LogP contribution is 2.32. The predicted octanol–water partition coefficient (Wildman–Crippen LogP) is 4.40. The lowest BCUT2D eigenvalue weighted by Gasteiger charge is -2.35. The maximum absolute atomic E-state index is 5.52. The monoisotopic (exact) mass is 348 g/mol. The minimum atomic E-state index is 0.409. The zero-order valence-corrected chi connectivity index (χ0v) is 16.4. The summed E-state index contributed by atoms with van der Waals surface area (Å²) in [6.45, 7) is 6.75. The number of piperidine rings is 1. The highest BCUT2D eigenvalue weighted by atomic mass is 16.5. The zero-order valence-electron chi connectivity index (χ0n) is 16.4. The van der Waals surface area contributed by atoms with Crippen molar-refractivity contribution in [2.75, 3.05) is 40.4 Å². The lowest BCUT2D eigenvalue weighted by molar-refractivity contribution is 0.160.